The number of aliphatic hydroxyl groups is 1. The lowest BCUT2D eigenvalue weighted by Crippen LogP contribution is -2.13. The highest BCUT2D eigenvalue weighted by molar-refractivity contribution is 5.61. The molecule has 5 nitrogen and oxygen atoms in total. The maximum Gasteiger partial charge on any atom is 0.292 e. The fraction of sp³-hybridized carbons (Fsp3) is 0.455. The second kappa shape index (κ2) is 6.07. The number of anilines is 1. The van der Waals surface area contributed by atoms with E-state index in [1.54, 1.807) is 18.2 Å². The van der Waals surface area contributed by atoms with Crippen molar-refractivity contribution in [3.8, 4) is 0 Å². The van der Waals surface area contributed by atoms with Crippen molar-refractivity contribution in [2.24, 2.45) is 5.92 Å². The number of hydrogen-bond donors (Lipinski definition) is 2. The van der Waals surface area contributed by atoms with Gasteiger partial charge in [0, 0.05) is 19.2 Å². The van der Waals surface area contributed by atoms with E-state index in [0.717, 1.165) is 0 Å². The van der Waals surface area contributed by atoms with Crippen molar-refractivity contribution < 1.29 is 10.0 Å². The molecule has 2 N–H and O–H groups in total. The van der Waals surface area contributed by atoms with E-state index in [4.69, 9.17) is 5.11 Å². The molecule has 1 atom stereocenters. The van der Waals surface area contributed by atoms with E-state index in [9.17, 15) is 10.1 Å². The average Bonchev–Trinajstić information content (AvgIpc) is 2.27. The van der Waals surface area contributed by atoms with Gasteiger partial charge >= 0.3 is 0 Å². The molecule has 16 heavy (non-hydrogen) atoms. The molecule has 1 unspecified atom stereocenters. The summed E-state index contributed by atoms with van der Waals surface area (Å²) >= 11 is 0. The molecule has 0 saturated carbocycles. The molecule has 0 heterocycles. The fourth-order valence-electron chi connectivity index (χ4n) is 1.39. The summed E-state index contributed by atoms with van der Waals surface area (Å²) in [5.41, 5.74) is 0.607. The average molecular weight is 224 g/mol. The summed E-state index contributed by atoms with van der Waals surface area (Å²) in [6.45, 7) is 2.74. The molecule has 0 amide bonds. The molecular formula is C11H16N2O3. The lowest BCUT2D eigenvalue weighted by atomic mass is 10.1. The minimum Gasteiger partial charge on any atom is -0.396 e. The summed E-state index contributed by atoms with van der Waals surface area (Å²) in [6.07, 6.45) is 0.688. The molecule has 0 aliphatic heterocycles. The van der Waals surface area contributed by atoms with Crippen LogP contribution in [0.3, 0.4) is 0 Å². The molecule has 0 fully saturated rings. The molecular weight excluding hydrogens is 208 g/mol. The second-order valence-corrected chi connectivity index (χ2v) is 3.77. The second-order valence-electron chi connectivity index (χ2n) is 3.77. The highest BCUT2D eigenvalue weighted by Gasteiger charge is 2.12. The van der Waals surface area contributed by atoms with E-state index in [-0.39, 0.29) is 18.2 Å². The van der Waals surface area contributed by atoms with Crippen molar-refractivity contribution in [3.63, 3.8) is 0 Å². The number of aliphatic hydroxyl groups excluding tert-OH is 1. The minimum atomic E-state index is -0.404. The van der Waals surface area contributed by atoms with Gasteiger partial charge in [-0.05, 0) is 18.4 Å². The zero-order valence-electron chi connectivity index (χ0n) is 9.22. The first kappa shape index (κ1) is 12.4. The van der Waals surface area contributed by atoms with Crippen LogP contribution < -0.4 is 5.32 Å². The zero-order valence-corrected chi connectivity index (χ0v) is 9.22. The Kier molecular flexibility index (Phi) is 4.72. The van der Waals surface area contributed by atoms with Crippen LogP contribution in [0.1, 0.15) is 13.3 Å². The fourth-order valence-corrected chi connectivity index (χ4v) is 1.39. The molecule has 0 aromatic heterocycles. The van der Waals surface area contributed by atoms with Gasteiger partial charge in [0.2, 0.25) is 0 Å². The summed E-state index contributed by atoms with van der Waals surface area (Å²) in [7, 11) is 0. The first-order valence-corrected chi connectivity index (χ1v) is 5.23. The molecule has 5 heteroatoms. The van der Waals surface area contributed by atoms with E-state index < -0.39 is 4.92 Å². The van der Waals surface area contributed by atoms with E-state index >= 15 is 0 Å². The predicted octanol–water partition coefficient (Wildman–Crippen LogP) is 2.03. The smallest absolute Gasteiger partial charge is 0.292 e. The maximum atomic E-state index is 10.7. The predicted molar refractivity (Wildman–Crippen MR) is 62.5 cm³/mol. The van der Waals surface area contributed by atoms with Gasteiger partial charge in [-0.3, -0.25) is 10.1 Å². The van der Waals surface area contributed by atoms with Crippen molar-refractivity contribution in [2.45, 2.75) is 13.3 Å². The Hall–Kier alpha value is -1.62. The van der Waals surface area contributed by atoms with Gasteiger partial charge in [0.15, 0.2) is 0 Å². The van der Waals surface area contributed by atoms with Crippen LogP contribution in [0.15, 0.2) is 24.3 Å². The molecule has 88 valence electrons. The van der Waals surface area contributed by atoms with Crippen LogP contribution in [0.5, 0.6) is 0 Å². The van der Waals surface area contributed by atoms with E-state index in [1.807, 2.05) is 6.92 Å². The summed E-state index contributed by atoms with van der Waals surface area (Å²) < 4.78 is 0. The van der Waals surface area contributed by atoms with Gasteiger partial charge in [-0.2, -0.15) is 0 Å². The maximum absolute atomic E-state index is 10.7. The zero-order chi connectivity index (χ0) is 12.0. The van der Waals surface area contributed by atoms with Crippen molar-refractivity contribution in [3.05, 3.63) is 34.4 Å². The summed E-state index contributed by atoms with van der Waals surface area (Å²) in [5, 5.41) is 22.5. The number of rotatable bonds is 6. The molecule has 0 aliphatic rings. The van der Waals surface area contributed by atoms with E-state index in [2.05, 4.69) is 5.32 Å². The third-order valence-electron chi connectivity index (χ3n) is 2.36. The monoisotopic (exact) mass is 224 g/mol. The molecule has 0 bridgehead atoms. The Morgan fingerprint density at radius 2 is 2.19 bits per heavy atom. The quantitative estimate of drug-likeness (QED) is 0.572. The SMILES string of the molecule is CC(CCO)CNc1ccccc1[N+](=O)[O-]. The highest BCUT2D eigenvalue weighted by Crippen LogP contribution is 2.23. The number of para-hydroxylation sites is 2. The van der Waals surface area contributed by atoms with Gasteiger partial charge in [0.05, 0.1) is 4.92 Å². The normalized spacial score (nSPS) is 12.1. The Morgan fingerprint density at radius 1 is 1.50 bits per heavy atom. The number of nitrogens with one attached hydrogen (secondary N) is 1. The molecule has 1 aromatic rings. The van der Waals surface area contributed by atoms with Crippen LogP contribution in [-0.2, 0) is 0 Å². The Bertz CT molecular complexity index is 355. The number of hydrogen-bond acceptors (Lipinski definition) is 4. The van der Waals surface area contributed by atoms with Crippen molar-refractivity contribution in [1.82, 2.24) is 0 Å². The van der Waals surface area contributed by atoms with Crippen LogP contribution in [0.2, 0.25) is 0 Å². The van der Waals surface area contributed by atoms with E-state index in [1.165, 1.54) is 6.07 Å². The standard InChI is InChI=1S/C11H16N2O3/c1-9(6-7-14)8-12-10-4-2-3-5-11(10)13(15)16/h2-5,9,12,14H,6-8H2,1H3. The number of nitro benzene ring substituents is 1. The Morgan fingerprint density at radius 3 is 2.81 bits per heavy atom. The van der Waals surface area contributed by atoms with Crippen molar-refractivity contribution >= 4 is 11.4 Å². The van der Waals surface area contributed by atoms with Crippen molar-refractivity contribution in [2.75, 3.05) is 18.5 Å². The number of nitrogens with zero attached hydrogens (tertiary/aromatic N) is 1. The van der Waals surface area contributed by atoms with Crippen LogP contribution >= 0.6 is 0 Å². The van der Waals surface area contributed by atoms with Crippen LogP contribution in [0.25, 0.3) is 0 Å². The molecule has 0 aliphatic carbocycles. The highest BCUT2D eigenvalue weighted by atomic mass is 16.6. The van der Waals surface area contributed by atoms with Gasteiger partial charge in [-0.15, -0.1) is 0 Å². The third-order valence-corrected chi connectivity index (χ3v) is 2.36. The Labute approximate surface area is 94.3 Å². The first-order chi connectivity index (χ1) is 7.65. The molecule has 1 rings (SSSR count). The summed E-state index contributed by atoms with van der Waals surface area (Å²) in [5.74, 6) is 0.282. The molecule has 0 radical (unpaired) electrons. The van der Waals surface area contributed by atoms with Crippen LogP contribution in [0.4, 0.5) is 11.4 Å². The van der Waals surface area contributed by atoms with E-state index in [0.29, 0.717) is 18.7 Å². The number of nitro groups is 1. The van der Waals surface area contributed by atoms with Crippen LogP contribution in [0, 0.1) is 16.0 Å². The van der Waals surface area contributed by atoms with Gasteiger partial charge in [0.25, 0.3) is 5.69 Å². The van der Waals surface area contributed by atoms with Gasteiger partial charge < -0.3 is 10.4 Å². The lowest BCUT2D eigenvalue weighted by Gasteiger charge is -2.12. The largest absolute Gasteiger partial charge is 0.396 e. The van der Waals surface area contributed by atoms with Crippen molar-refractivity contribution in [1.29, 1.82) is 0 Å². The summed E-state index contributed by atoms with van der Waals surface area (Å²) in [4.78, 5) is 10.3. The molecule has 1 aromatic carbocycles. The number of benzene rings is 1. The van der Waals surface area contributed by atoms with Crippen LogP contribution in [-0.4, -0.2) is 23.2 Å². The summed E-state index contributed by atoms with van der Waals surface area (Å²) in [6, 6.07) is 6.55. The van der Waals surface area contributed by atoms with Gasteiger partial charge in [0.1, 0.15) is 5.69 Å². The first-order valence-electron chi connectivity index (χ1n) is 5.23. The topological polar surface area (TPSA) is 75.4 Å². The third kappa shape index (κ3) is 3.51. The molecule has 0 spiro atoms. The lowest BCUT2D eigenvalue weighted by molar-refractivity contribution is -0.384. The van der Waals surface area contributed by atoms with Gasteiger partial charge in [-0.25, -0.2) is 0 Å². The minimum absolute atomic E-state index is 0.0821. The molecule has 0 saturated heterocycles. The Balaban J connectivity index is 2.63. The van der Waals surface area contributed by atoms with Gasteiger partial charge in [-0.1, -0.05) is 19.1 Å².